The van der Waals surface area contributed by atoms with E-state index in [4.69, 9.17) is 24.7 Å². The zero-order valence-electron chi connectivity index (χ0n) is 12.8. The Labute approximate surface area is 125 Å². The molecule has 0 spiro atoms. The monoisotopic (exact) mass is 303 g/mol. The van der Waals surface area contributed by atoms with Crippen molar-refractivity contribution < 1.29 is 28.5 Å². The lowest BCUT2D eigenvalue weighted by atomic mass is 9.97. The molecule has 1 aliphatic heterocycles. The first-order chi connectivity index (χ1) is 10.0. The van der Waals surface area contributed by atoms with Gasteiger partial charge in [-0.2, -0.15) is 0 Å². The lowest BCUT2D eigenvalue weighted by Crippen LogP contribution is -2.57. The highest BCUT2D eigenvalue weighted by Crippen LogP contribution is 2.17. The number of hydrogen-bond donors (Lipinski definition) is 1. The van der Waals surface area contributed by atoms with Crippen LogP contribution in [-0.2, 0) is 28.5 Å². The first-order valence-electron chi connectivity index (χ1n) is 7.41. The summed E-state index contributed by atoms with van der Waals surface area (Å²) in [7, 11) is 0. The van der Waals surface area contributed by atoms with Gasteiger partial charge >= 0.3 is 11.9 Å². The fourth-order valence-electron chi connectivity index (χ4n) is 2.00. The number of ether oxygens (including phenoxy) is 4. The van der Waals surface area contributed by atoms with Gasteiger partial charge in [0.15, 0.2) is 6.29 Å². The van der Waals surface area contributed by atoms with Gasteiger partial charge in [-0.15, -0.1) is 0 Å². The zero-order valence-corrected chi connectivity index (χ0v) is 12.8. The van der Waals surface area contributed by atoms with Crippen molar-refractivity contribution >= 4 is 11.9 Å². The first kappa shape index (κ1) is 17.9. The van der Waals surface area contributed by atoms with E-state index >= 15 is 0 Å². The van der Waals surface area contributed by atoms with Crippen LogP contribution in [0.2, 0.25) is 0 Å². The quantitative estimate of drug-likeness (QED) is 0.522. The minimum atomic E-state index is -1.83. The number of carbonyl (C=O) groups is 2. The summed E-state index contributed by atoms with van der Waals surface area (Å²) in [5.41, 5.74) is 4.07. The van der Waals surface area contributed by atoms with Crippen molar-refractivity contribution in [3.63, 3.8) is 0 Å². The van der Waals surface area contributed by atoms with Gasteiger partial charge in [-0.25, -0.2) is 9.59 Å². The third-order valence-corrected chi connectivity index (χ3v) is 3.22. The molecule has 1 atom stereocenters. The summed E-state index contributed by atoms with van der Waals surface area (Å²) in [6, 6.07) is 0. The maximum absolute atomic E-state index is 11.9. The highest BCUT2D eigenvalue weighted by Gasteiger charge is 2.45. The van der Waals surface area contributed by atoms with Gasteiger partial charge in [0.1, 0.15) is 0 Å². The predicted octanol–water partition coefficient (Wildman–Crippen LogP) is 0.743. The topological polar surface area (TPSA) is 97.1 Å². The van der Waals surface area contributed by atoms with Gasteiger partial charge in [-0.3, -0.25) is 0 Å². The molecule has 1 saturated heterocycles. The SMILES string of the molecule is CCOC(=O)C(N)(CCOC1CCCCO1)C(=O)OCC. The van der Waals surface area contributed by atoms with Crippen molar-refractivity contribution in [1.29, 1.82) is 0 Å². The summed E-state index contributed by atoms with van der Waals surface area (Å²) in [6.45, 7) is 4.37. The van der Waals surface area contributed by atoms with Crippen LogP contribution in [0, 0.1) is 0 Å². The molecule has 21 heavy (non-hydrogen) atoms. The van der Waals surface area contributed by atoms with Crippen LogP contribution in [-0.4, -0.2) is 50.2 Å². The molecule has 0 aliphatic carbocycles. The summed E-state index contributed by atoms with van der Waals surface area (Å²) in [5, 5.41) is 0. The lowest BCUT2D eigenvalue weighted by molar-refractivity contribution is -0.175. The zero-order chi connectivity index (χ0) is 15.7. The molecule has 1 heterocycles. The van der Waals surface area contributed by atoms with Gasteiger partial charge in [0.2, 0.25) is 5.54 Å². The molecular formula is C14H25NO6. The van der Waals surface area contributed by atoms with E-state index in [9.17, 15) is 9.59 Å². The number of hydrogen-bond acceptors (Lipinski definition) is 7. The maximum atomic E-state index is 11.9. The highest BCUT2D eigenvalue weighted by atomic mass is 16.7. The van der Waals surface area contributed by atoms with E-state index < -0.39 is 17.5 Å². The van der Waals surface area contributed by atoms with Crippen LogP contribution in [0.15, 0.2) is 0 Å². The van der Waals surface area contributed by atoms with Gasteiger partial charge in [0.25, 0.3) is 0 Å². The third kappa shape index (κ3) is 5.26. The maximum Gasteiger partial charge on any atom is 0.337 e. The van der Waals surface area contributed by atoms with Crippen LogP contribution in [0.25, 0.3) is 0 Å². The van der Waals surface area contributed by atoms with Gasteiger partial charge in [-0.05, 0) is 33.1 Å². The number of carbonyl (C=O) groups excluding carboxylic acids is 2. The first-order valence-corrected chi connectivity index (χ1v) is 7.41. The van der Waals surface area contributed by atoms with Crippen LogP contribution >= 0.6 is 0 Å². The molecule has 0 radical (unpaired) electrons. The van der Waals surface area contributed by atoms with Crippen LogP contribution in [0.5, 0.6) is 0 Å². The molecule has 1 rings (SSSR count). The fourth-order valence-corrected chi connectivity index (χ4v) is 2.00. The van der Waals surface area contributed by atoms with E-state index in [2.05, 4.69) is 0 Å². The minimum absolute atomic E-state index is 0.00940. The van der Waals surface area contributed by atoms with Crippen LogP contribution in [0.1, 0.15) is 39.5 Å². The normalized spacial score (nSPS) is 19.1. The van der Waals surface area contributed by atoms with E-state index in [-0.39, 0.29) is 32.5 Å². The molecular weight excluding hydrogens is 278 g/mol. The Hall–Kier alpha value is -1.18. The Morgan fingerprint density at radius 3 is 2.29 bits per heavy atom. The molecule has 2 N–H and O–H groups in total. The van der Waals surface area contributed by atoms with Crippen molar-refractivity contribution in [3.8, 4) is 0 Å². The molecule has 0 aromatic carbocycles. The van der Waals surface area contributed by atoms with Crippen LogP contribution < -0.4 is 5.73 Å². The molecule has 1 aliphatic rings. The van der Waals surface area contributed by atoms with Gasteiger partial charge in [0.05, 0.1) is 19.8 Å². The second kappa shape index (κ2) is 8.96. The lowest BCUT2D eigenvalue weighted by Gasteiger charge is -2.27. The van der Waals surface area contributed by atoms with Gasteiger partial charge in [-0.1, -0.05) is 0 Å². The largest absolute Gasteiger partial charge is 0.464 e. The van der Waals surface area contributed by atoms with E-state index in [1.54, 1.807) is 13.8 Å². The van der Waals surface area contributed by atoms with Crippen molar-refractivity contribution in [3.05, 3.63) is 0 Å². The molecule has 0 bridgehead atoms. The molecule has 7 nitrogen and oxygen atoms in total. The Kier molecular flexibility index (Phi) is 7.63. The fraction of sp³-hybridized carbons (Fsp3) is 0.857. The molecule has 1 fully saturated rings. The predicted molar refractivity (Wildman–Crippen MR) is 74.3 cm³/mol. The molecule has 122 valence electrons. The van der Waals surface area contributed by atoms with Crippen molar-refractivity contribution in [1.82, 2.24) is 0 Å². The number of esters is 2. The van der Waals surface area contributed by atoms with Gasteiger partial charge < -0.3 is 24.7 Å². The number of nitrogens with two attached hydrogens (primary N) is 1. The Morgan fingerprint density at radius 2 is 1.81 bits per heavy atom. The summed E-state index contributed by atoms with van der Waals surface area (Å²) < 4.78 is 20.7. The van der Waals surface area contributed by atoms with Gasteiger partial charge in [0, 0.05) is 13.0 Å². The molecule has 0 aromatic rings. The average molecular weight is 303 g/mol. The summed E-state index contributed by atoms with van der Waals surface area (Å²) >= 11 is 0. The van der Waals surface area contributed by atoms with E-state index in [1.165, 1.54) is 0 Å². The third-order valence-electron chi connectivity index (χ3n) is 3.22. The Balaban J connectivity index is 2.55. The second-order valence-corrected chi connectivity index (χ2v) is 4.83. The molecule has 1 unspecified atom stereocenters. The number of rotatable bonds is 8. The van der Waals surface area contributed by atoms with Crippen molar-refractivity contribution in [2.45, 2.75) is 51.4 Å². The summed E-state index contributed by atoms with van der Waals surface area (Å²) in [6.07, 6.45) is 2.55. The molecule has 0 aromatic heterocycles. The summed E-state index contributed by atoms with van der Waals surface area (Å²) in [4.78, 5) is 23.9. The average Bonchev–Trinajstić information content (AvgIpc) is 2.48. The smallest absolute Gasteiger partial charge is 0.337 e. The van der Waals surface area contributed by atoms with Crippen LogP contribution in [0.3, 0.4) is 0 Å². The molecule has 0 saturated carbocycles. The van der Waals surface area contributed by atoms with Crippen molar-refractivity contribution in [2.24, 2.45) is 5.73 Å². The van der Waals surface area contributed by atoms with Crippen LogP contribution in [0.4, 0.5) is 0 Å². The van der Waals surface area contributed by atoms with Crippen molar-refractivity contribution in [2.75, 3.05) is 26.4 Å². The Bertz CT molecular complexity index is 322. The van der Waals surface area contributed by atoms with E-state index in [0.717, 1.165) is 19.3 Å². The minimum Gasteiger partial charge on any atom is -0.464 e. The Morgan fingerprint density at radius 1 is 1.19 bits per heavy atom. The molecule has 0 amide bonds. The summed E-state index contributed by atoms with van der Waals surface area (Å²) in [5.74, 6) is -1.59. The second-order valence-electron chi connectivity index (χ2n) is 4.83. The van der Waals surface area contributed by atoms with E-state index in [1.807, 2.05) is 0 Å². The van der Waals surface area contributed by atoms with E-state index in [0.29, 0.717) is 6.61 Å². The highest BCUT2D eigenvalue weighted by molar-refractivity contribution is 6.04. The molecule has 7 heteroatoms. The standard InChI is InChI=1S/C14H25NO6/c1-3-18-12(16)14(15,13(17)19-4-2)8-10-21-11-7-5-6-9-20-11/h11H,3-10,15H2,1-2H3.